The molecule has 4 aromatic rings. The number of carbonyl (C=O) groups excluding carboxylic acids is 1. The van der Waals surface area contributed by atoms with Crippen molar-refractivity contribution in [3.8, 4) is 11.4 Å². The number of hydrogen-bond acceptors (Lipinski definition) is 6. The molecule has 0 radical (unpaired) electrons. The minimum atomic E-state index is -0.453. The van der Waals surface area contributed by atoms with Crippen LogP contribution in [0.15, 0.2) is 78.0 Å². The number of H-pyrrole nitrogens is 1. The van der Waals surface area contributed by atoms with Crippen molar-refractivity contribution in [2.24, 2.45) is 0 Å². The monoisotopic (exact) mass is 388 g/mol. The molecule has 0 unspecified atom stereocenters. The number of aromatic amines is 1. The Balaban J connectivity index is 1.45. The van der Waals surface area contributed by atoms with Crippen LogP contribution in [0.25, 0.3) is 5.69 Å². The van der Waals surface area contributed by atoms with Gasteiger partial charge in [0.15, 0.2) is 5.75 Å². The maximum atomic E-state index is 12.5. The van der Waals surface area contributed by atoms with Crippen LogP contribution >= 0.6 is 0 Å². The molecule has 2 aromatic carbocycles. The van der Waals surface area contributed by atoms with Crippen LogP contribution in [-0.4, -0.2) is 31.1 Å². The Labute approximate surface area is 165 Å². The summed E-state index contributed by atoms with van der Waals surface area (Å²) in [6, 6.07) is 17.7. The second kappa shape index (κ2) is 8.17. The topological polar surface area (TPSA) is 115 Å². The molecule has 0 aliphatic rings. The van der Waals surface area contributed by atoms with Crippen molar-refractivity contribution in [2.45, 2.75) is 6.61 Å². The summed E-state index contributed by atoms with van der Waals surface area (Å²) >= 11 is 0. The van der Waals surface area contributed by atoms with Crippen LogP contribution < -0.4 is 15.5 Å². The SMILES string of the molecule is O=C(Nc1cccc(-n2cnnn2)c1)c1cc(=O)c(OCc2ccccc2)c[nH]1. The Morgan fingerprint density at radius 2 is 1.97 bits per heavy atom. The Morgan fingerprint density at radius 1 is 1.10 bits per heavy atom. The van der Waals surface area contributed by atoms with E-state index in [-0.39, 0.29) is 23.5 Å². The fourth-order valence-electron chi connectivity index (χ4n) is 2.64. The predicted molar refractivity (Wildman–Crippen MR) is 105 cm³/mol. The first-order valence-corrected chi connectivity index (χ1v) is 8.73. The van der Waals surface area contributed by atoms with E-state index in [4.69, 9.17) is 4.74 Å². The van der Waals surface area contributed by atoms with Gasteiger partial charge in [0.2, 0.25) is 5.43 Å². The van der Waals surface area contributed by atoms with Crippen molar-refractivity contribution < 1.29 is 9.53 Å². The molecule has 2 aromatic heterocycles. The van der Waals surface area contributed by atoms with Gasteiger partial charge in [-0.15, -0.1) is 5.10 Å². The molecule has 0 aliphatic carbocycles. The lowest BCUT2D eigenvalue weighted by atomic mass is 10.2. The first kappa shape index (κ1) is 18.1. The predicted octanol–water partition coefficient (Wildman–Crippen LogP) is 2.18. The molecular weight excluding hydrogens is 372 g/mol. The van der Waals surface area contributed by atoms with Crippen LogP contribution in [0.4, 0.5) is 5.69 Å². The summed E-state index contributed by atoms with van der Waals surface area (Å²) in [6.45, 7) is 0.263. The third-order valence-electron chi connectivity index (χ3n) is 4.08. The molecule has 0 spiro atoms. The van der Waals surface area contributed by atoms with E-state index >= 15 is 0 Å². The van der Waals surface area contributed by atoms with Crippen LogP contribution in [0, 0.1) is 0 Å². The number of anilines is 1. The van der Waals surface area contributed by atoms with E-state index in [1.807, 2.05) is 30.3 Å². The van der Waals surface area contributed by atoms with E-state index in [0.29, 0.717) is 11.4 Å². The van der Waals surface area contributed by atoms with Gasteiger partial charge in [-0.2, -0.15) is 0 Å². The van der Waals surface area contributed by atoms with E-state index in [0.717, 1.165) is 5.56 Å². The minimum Gasteiger partial charge on any atom is -0.483 e. The number of rotatable bonds is 6. The molecule has 0 fully saturated rings. The summed E-state index contributed by atoms with van der Waals surface area (Å²) in [4.78, 5) is 27.6. The molecule has 0 aliphatic heterocycles. The Kier molecular flexibility index (Phi) is 5.10. The minimum absolute atomic E-state index is 0.120. The van der Waals surface area contributed by atoms with Crippen LogP contribution in [0.1, 0.15) is 16.1 Å². The molecule has 0 saturated heterocycles. The Hall–Kier alpha value is -4.27. The zero-order valence-corrected chi connectivity index (χ0v) is 15.1. The van der Waals surface area contributed by atoms with Gasteiger partial charge in [0.05, 0.1) is 5.69 Å². The van der Waals surface area contributed by atoms with Crippen LogP contribution in [-0.2, 0) is 6.61 Å². The Bertz CT molecular complexity index is 1170. The van der Waals surface area contributed by atoms with Crippen molar-refractivity contribution in [1.82, 2.24) is 25.2 Å². The summed E-state index contributed by atoms with van der Waals surface area (Å²) in [5.74, 6) is -0.309. The van der Waals surface area contributed by atoms with Crippen molar-refractivity contribution >= 4 is 11.6 Å². The third kappa shape index (κ3) is 4.35. The molecule has 2 N–H and O–H groups in total. The highest BCUT2D eigenvalue weighted by molar-refractivity contribution is 6.02. The average molecular weight is 388 g/mol. The van der Waals surface area contributed by atoms with Crippen LogP contribution in [0.3, 0.4) is 0 Å². The van der Waals surface area contributed by atoms with Gasteiger partial charge in [-0.25, -0.2) is 4.68 Å². The molecule has 0 bridgehead atoms. The van der Waals surface area contributed by atoms with E-state index in [1.165, 1.54) is 23.3 Å². The maximum Gasteiger partial charge on any atom is 0.272 e. The highest BCUT2D eigenvalue weighted by atomic mass is 16.5. The van der Waals surface area contributed by atoms with Gasteiger partial charge in [-0.1, -0.05) is 36.4 Å². The first-order chi connectivity index (χ1) is 14.2. The molecule has 2 heterocycles. The van der Waals surface area contributed by atoms with Gasteiger partial charge in [0.25, 0.3) is 5.91 Å². The average Bonchev–Trinajstić information content (AvgIpc) is 3.29. The number of tetrazole rings is 1. The quantitative estimate of drug-likeness (QED) is 0.523. The molecule has 9 nitrogen and oxygen atoms in total. The highest BCUT2D eigenvalue weighted by Gasteiger charge is 2.11. The largest absolute Gasteiger partial charge is 0.483 e. The van der Waals surface area contributed by atoms with Gasteiger partial charge in [0, 0.05) is 18.0 Å². The van der Waals surface area contributed by atoms with Crippen LogP contribution in [0.5, 0.6) is 5.75 Å². The third-order valence-corrected chi connectivity index (χ3v) is 4.08. The lowest BCUT2D eigenvalue weighted by molar-refractivity contribution is 0.102. The number of amides is 1. The molecule has 144 valence electrons. The number of aromatic nitrogens is 5. The summed E-state index contributed by atoms with van der Waals surface area (Å²) in [5.41, 5.74) is 1.90. The van der Waals surface area contributed by atoms with Crippen molar-refractivity contribution in [1.29, 1.82) is 0 Å². The Morgan fingerprint density at radius 3 is 2.72 bits per heavy atom. The number of carbonyl (C=O) groups is 1. The van der Waals surface area contributed by atoms with E-state index < -0.39 is 5.91 Å². The number of hydrogen-bond donors (Lipinski definition) is 2. The molecule has 1 amide bonds. The fourth-order valence-corrected chi connectivity index (χ4v) is 2.64. The fraction of sp³-hybridized carbons (Fsp3) is 0.0500. The van der Waals surface area contributed by atoms with Crippen molar-refractivity contribution in [3.05, 3.63) is 94.7 Å². The number of nitrogens with one attached hydrogen (secondary N) is 2. The summed E-state index contributed by atoms with van der Waals surface area (Å²) in [6.07, 6.45) is 2.84. The lowest BCUT2D eigenvalue weighted by Crippen LogP contribution is -2.18. The zero-order valence-electron chi connectivity index (χ0n) is 15.1. The van der Waals surface area contributed by atoms with Gasteiger partial charge in [0.1, 0.15) is 18.6 Å². The molecule has 0 saturated carbocycles. The standard InChI is InChI=1S/C20H16N6O3/c27-18-10-17(21-11-19(18)29-12-14-5-2-1-3-6-14)20(28)23-15-7-4-8-16(9-15)26-13-22-24-25-26/h1-11,13H,12H2,(H,21,27)(H,23,28). The molecule has 29 heavy (non-hydrogen) atoms. The number of ether oxygens (including phenoxy) is 1. The van der Waals surface area contributed by atoms with Crippen LogP contribution in [0.2, 0.25) is 0 Å². The zero-order chi connectivity index (χ0) is 20.1. The van der Waals surface area contributed by atoms with Crippen molar-refractivity contribution in [3.63, 3.8) is 0 Å². The number of nitrogens with zero attached hydrogens (tertiary/aromatic N) is 4. The molecule has 4 rings (SSSR count). The lowest BCUT2D eigenvalue weighted by Gasteiger charge is -2.09. The maximum absolute atomic E-state index is 12.5. The van der Waals surface area contributed by atoms with Gasteiger partial charge >= 0.3 is 0 Å². The summed E-state index contributed by atoms with van der Waals surface area (Å²) < 4.78 is 7.00. The second-order valence-corrected chi connectivity index (χ2v) is 6.11. The smallest absolute Gasteiger partial charge is 0.272 e. The normalized spacial score (nSPS) is 10.5. The molecule has 9 heteroatoms. The summed E-state index contributed by atoms with van der Waals surface area (Å²) in [5, 5.41) is 13.7. The van der Waals surface area contributed by atoms with E-state index in [1.54, 1.807) is 24.3 Å². The van der Waals surface area contributed by atoms with Gasteiger partial charge in [-0.05, 0) is 34.2 Å². The number of benzene rings is 2. The van der Waals surface area contributed by atoms with Gasteiger partial charge < -0.3 is 15.0 Å². The first-order valence-electron chi connectivity index (χ1n) is 8.73. The molecule has 0 atom stereocenters. The van der Waals surface area contributed by atoms with E-state index in [2.05, 4.69) is 25.8 Å². The molecular formula is C20H16N6O3. The van der Waals surface area contributed by atoms with Crippen molar-refractivity contribution in [2.75, 3.05) is 5.32 Å². The van der Waals surface area contributed by atoms with E-state index in [9.17, 15) is 9.59 Å². The highest BCUT2D eigenvalue weighted by Crippen LogP contribution is 2.14. The second-order valence-electron chi connectivity index (χ2n) is 6.11. The number of pyridine rings is 1. The summed E-state index contributed by atoms with van der Waals surface area (Å²) in [7, 11) is 0. The van der Waals surface area contributed by atoms with Gasteiger partial charge in [-0.3, -0.25) is 9.59 Å².